The van der Waals surface area contributed by atoms with Gasteiger partial charge in [-0.1, -0.05) is 48.5 Å². The lowest BCUT2D eigenvalue weighted by molar-refractivity contribution is 1.02. The predicted octanol–water partition coefficient (Wildman–Crippen LogP) is 5.31. The summed E-state index contributed by atoms with van der Waals surface area (Å²) in [6, 6.07) is 22.4. The van der Waals surface area contributed by atoms with Crippen molar-refractivity contribution in [1.82, 2.24) is 25.1 Å². The van der Waals surface area contributed by atoms with Gasteiger partial charge in [-0.05, 0) is 43.2 Å². The van der Waals surface area contributed by atoms with Crippen molar-refractivity contribution in [3.05, 3.63) is 90.0 Å². The predicted molar refractivity (Wildman–Crippen MR) is 124 cm³/mol. The van der Waals surface area contributed by atoms with E-state index in [-0.39, 0.29) is 0 Å². The van der Waals surface area contributed by atoms with Gasteiger partial charge in [-0.3, -0.25) is 10.1 Å². The van der Waals surface area contributed by atoms with Gasteiger partial charge >= 0.3 is 0 Å². The highest BCUT2D eigenvalue weighted by atomic mass is 15.1. The maximum absolute atomic E-state index is 4.96. The number of nitrogens with zero attached hydrogens (tertiary/aromatic N) is 4. The number of aromatic amines is 1. The molecular weight excluding hydrogens is 384 g/mol. The summed E-state index contributed by atoms with van der Waals surface area (Å²) in [5.41, 5.74) is 6.82. The number of nitrogens with one attached hydrogen (secondary N) is 2. The minimum Gasteiger partial charge on any atom is -0.364 e. The van der Waals surface area contributed by atoms with Crippen LogP contribution >= 0.6 is 0 Å². The highest BCUT2D eigenvalue weighted by molar-refractivity contribution is 6.02. The molecule has 31 heavy (non-hydrogen) atoms. The second-order valence-corrected chi connectivity index (χ2v) is 7.45. The topological polar surface area (TPSA) is 79.4 Å². The van der Waals surface area contributed by atoms with Crippen molar-refractivity contribution in [2.75, 3.05) is 5.32 Å². The molecule has 0 aliphatic carbocycles. The van der Waals surface area contributed by atoms with Crippen LogP contribution < -0.4 is 5.32 Å². The molecule has 6 nitrogen and oxygen atoms in total. The molecule has 2 aromatic carbocycles. The minimum atomic E-state index is 0.568. The lowest BCUT2D eigenvalue weighted by atomic mass is 10.0. The summed E-state index contributed by atoms with van der Waals surface area (Å²) in [5.74, 6) is 1.44. The number of rotatable bonds is 5. The molecule has 0 radical (unpaired) electrons. The Morgan fingerprint density at radius 3 is 2.45 bits per heavy atom. The fraction of sp³-hybridized carbons (Fsp3) is 0.120. The van der Waals surface area contributed by atoms with Crippen LogP contribution in [0.5, 0.6) is 0 Å². The third-order valence-corrected chi connectivity index (χ3v) is 5.32. The largest absolute Gasteiger partial charge is 0.364 e. The Labute approximate surface area is 180 Å². The average molecular weight is 406 g/mol. The molecule has 6 heteroatoms. The second kappa shape index (κ2) is 7.99. The number of hydrogen-bond donors (Lipinski definition) is 2. The van der Waals surface area contributed by atoms with Gasteiger partial charge in [0.1, 0.15) is 5.82 Å². The van der Waals surface area contributed by atoms with E-state index >= 15 is 0 Å². The Balaban J connectivity index is 1.71. The summed E-state index contributed by atoms with van der Waals surface area (Å²) in [6.07, 6.45) is 1.80. The number of aromatic nitrogens is 5. The number of fused-ring (bicyclic) bond motifs is 1. The normalized spacial score (nSPS) is 11.0. The van der Waals surface area contributed by atoms with Gasteiger partial charge in [-0.25, -0.2) is 9.97 Å². The van der Waals surface area contributed by atoms with Gasteiger partial charge in [-0.15, -0.1) is 0 Å². The molecule has 5 aromatic rings. The fourth-order valence-electron chi connectivity index (χ4n) is 3.84. The van der Waals surface area contributed by atoms with E-state index in [1.54, 1.807) is 6.20 Å². The average Bonchev–Trinajstić information content (AvgIpc) is 3.16. The van der Waals surface area contributed by atoms with E-state index in [1.165, 1.54) is 0 Å². The van der Waals surface area contributed by atoms with Crippen molar-refractivity contribution in [3.63, 3.8) is 0 Å². The second-order valence-electron chi connectivity index (χ2n) is 7.45. The number of H-pyrrole nitrogens is 1. The van der Waals surface area contributed by atoms with Crippen LogP contribution in [-0.2, 0) is 6.54 Å². The van der Waals surface area contributed by atoms with E-state index in [2.05, 4.69) is 38.7 Å². The van der Waals surface area contributed by atoms with Gasteiger partial charge in [0.25, 0.3) is 0 Å². The van der Waals surface area contributed by atoms with E-state index in [0.717, 1.165) is 50.5 Å². The van der Waals surface area contributed by atoms with Crippen LogP contribution in [0.15, 0.2) is 72.9 Å². The van der Waals surface area contributed by atoms with Gasteiger partial charge < -0.3 is 5.32 Å². The maximum atomic E-state index is 4.96. The first-order valence-electron chi connectivity index (χ1n) is 10.2. The Hall–Kier alpha value is -4.06. The van der Waals surface area contributed by atoms with Crippen LogP contribution in [0.3, 0.4) is 0 Å². The molecule has 2 N–H and O–H groups in total. The van der Waals surface area contributed by atoms with Gasteiger partial charge in [0.05, 0.1) is 34.4 Å². The molecule has 0 saturated carbocycles. The van der Waals surface area contributed by atoms with Crippen molar-refractivity contribution in [3.8, 4) is 22.5 Å². The molecular formula is C25H22N6. The summed E-state index contributed by atoms with van der Waals surface area (Å²) < 4.78 is 0. The van der Waals surface area contributed by atoms with Gasteiger partial charge in [-0.2, -0.15) is 5.10 Å². The Bertz CT molecular complexity index is 1320. The number of aryl methyl sites for hydroxylation is 2. The van der Waals surface area contributed by atoms with Crippen LogP contribution in [-0.4, -0.2) is 25.1 Å². The van der Waals surface area contributed by atoms with Crippen LogP contribution in [0.4, 0.5) is 5.82 Å². The van der Waals surface area contributed by atoms with Crippen LogP contribution in [0.1, 0.15) is 17.1 Å². The van der Waals surface area contributed by atoms with E-state index in [9.17, 15) is 0 Å². The summed E-state index contributed by atoms with van der Waals surface area (Å²) in [6.45, 7) is 4.52. The zero-order valence-electron chi connectivity index (χ0n) is 17.4. The van der Waals surface area contributed by atoms with E-state index in [4.69, 9.17) is 9.97 Å². The Morgan fingerprint density at radius 2 is 1.71 bits per heavy atom. The molecule has 0 spiro atoms. The molecule has 0 atom stereocenters. The zero-order chi connectivity index (χ0) is 21.2. The van der Waals surface area contributed by atoms with E-state index in [1.807, 2.05) is 62.4 Å². The first-order chi connectivity index (χ1) is 15.2. The number of anilines is 1. The van der Waals surface area contributed by atoms with Crippen LogP contribution in [0.25, 0.3) is 33.4 Å². The number of benzene rings is 2. The first-order valence-corrected chi connectivity index (χ1v) is 10.2. The molecule has 3 aromatic heterocycles. The summed E-state index contributed by atoms with van der Waals surface area (Å²) >= 11 is 0. The van der Waals surface area contributed by atoms with Crippen molar-refractivity contribution in [2.24, 2.45) is 0 Å². The highest BCUT2D eigenvalue weighted by Crippen LogP contribution is 2.35. The Morgan fingerprint density at radius 1 is 0.871 bits per heavy atom. The van der Waals surface area contributed by atoms with E-state index in [0.29, 0.717) is 12.4 Å². The Kier molecular flexibility index (Phi) is 4.88. The van der Waals surface area contributed by atoms with Gasteiger partial charge in [0.2, 0.25) is 0 Å². The zero-order valence-corrected chi connectivity index (χ0v) is 17.4. The van der Waals surface area contributed by atoms with E-state index < -0.39 is 0 Å². The van der Waals surface area contributed by atoms with Crippen molar-refractivity contribution in [1.29, 1.82) is 0 Å². The van der Waals surface area contributed by atoms with Crippen LogP contribution in [0, 0.1) is 13.8 Å². The third kappa shape index (κ3) is 3.64. The highest BCUT2D eigenvalue weighted by Gasteiger charge is 2.17. The molecule has 0 aliphatic heterocycles. The third-order valence-electron chi connectivity index (χ3n) is 5.32. The molecule has 3 heterocycles. The standard InChI is InChI=1S/C25H22N6/c1-16-22(17(2)31-30-16)25-28-21-13-8-12-20(18-9-4-3-5-10-18)23(21)24(29-25)27-15-19-11-6-7-14-26-19/h3-14H,15H2,1-2H3,(H,30,31)(H,27,28,29). The number of pyridine rings is 1. The lowest BCUT2D eigenvalue weighted by Gasteiger charge is -2.14. The van der Waals surface area contributed by atoms with Crippen LogP contribution in [0.2, 0.25) is 0 Å². The van der Waals surface area contributed by atoms with Crippen molar-refractivity contribution in [2.45, 2.75) is 20.4 Å². The molecule has 0 unspecified atom stereocenters. The SMILES string of the molecule is Cc1n[nH]c(C)c1-c1nc(NCc2ccccn2)c2c(-c3ccccc3)cccc2n1. The molecule has 152 valence electrons. The first kappa shape index (κ1) is 18.9. The van der Waals surface area contributed by atoms with Crippen molar-refractivity contribution < 1.29 is 0 Å². The smallest absolute Gasteiger partial charge is 0.165 e. The minimum absolute atomic E-state index is 0.568. The summed E-state index contributed by atoms with van der Waals surface area (Å²) in [5, 5.41) is 11.9. The monoisotopic (exact) mass is 406 g/mol. The molecule has 0 saturated heterocycles. The summed E-state index contributed by atoms with van der Waals surface area (Å²) in [4.78, 5) is 14.3. The molecule has 0 bridgehead atoms. The van der Waals surface area contributed by atoms with Gasteiger partial charge in [0, 0.05) is 11.9 Å². The molecule has 0 aliphatic rings. The molecule has 0 fully saturated rings. The molecule has 5 rings (SSSR count). The van der Waals surface area contributed by atoms with Crippen molar-refractivity contribution >= 4 is 16.7 Å². The number of hydrogen-bond acceptors (Lipinski definition) is 5. The fourth-order valence-corrected chi connectivity index (χ4v) is 3.84. The van der Waals surface area contributed by atoms with Gasteiger partial charge in [0.15, 0.2) is 5.82 Å². The maximum Gasteiger partial charge on any atom is 0.165 e. The summed E-state index contributed by atoms with van der Waals surface area (Å²) in [7, 11) is 0. The molecule has 0 amide bonds. The quantitative estimate of drug-likeness (QED) is 0.413. The lowest BCUT2D eigenvalue weighted by Crippen LogP contribution is -2.06.